The molecule has 0 amide bonds. The first-order valence-corrected chi connectivity index (χ1v) is 9.39. The van der Waals surface area contributed by atoms with Gasteiger partial charge in [0.2, 0.25) is 0 Å². The van der Waals surface area contributed by atoms with Crippen LogP contribution in [0.3, 0.4) is 0 Å². The number of nitrogens with zero attached hydrogens (tertiary/aromatic N) is 2. The summed E-state index contributed by atoms with van der Waals surface area (Å²) in [5.41, 5.74) is 3.45. The van der Waals surface area contributed by atoms with E-state index in [-0.39, 0.29) is 0 Å². The largest absolute Gasteiger partial charge is 0.361 e. The second-order valence-corrected chi connectivity index (χ2v) is 7.58. The Labute approximate surface area is 156 Å². The van der Waals surface area contributed by atoms with Crippen LogP contribution in [-0.2, 0) is 13.0 Å². The fourth-order valence-corrected chi connectivity index (χ4v) is 3.71. The van der Waals surface area contributed by atoms with E-state index in [1.165, 1.54) is 15.8 Å². The molecular weight excluding hydrogens is 354 g/mol. The van der Waals surface area contributed by atoms with Gasteiger partial charge in [0.05, 0.1) is 12.2 Å². The Morgan fingerprint density at radius 2 is 2.16 bits per heavy atom. The van der Waals surface area contributed by atoms with Gasteiger partial charge in [-0.1, -0.05) is 11.6 Å². The summed E-state index contributed by atoms with van der Waals surface area (Å²) in [4.78, 5) is 13.4. The minimum Gasteiger partial charge on any atom is -0.361 e. The summed E-state index contributed by atoms with van der Waals surface area (Å²) in [6.07, 6.45) is 2.93. The average Bonchev–Trinajstić information content (AvgIpc) is 3.14. The highest BCUT2D eigenvalue weighted by atomic mass is 35.5. The van der Waals surface area contributed by atoms with Gasteiger partial charge < -0.3 is 15.6 Å². The Morgan fingerprint density at radius 1 is 1.32 bits per heavy atom. The molecule has 7 heteroatoms. The lowest BCUT2D eigenvalue weighted by Crippen LogP contribution is -2.37. The Hall–Kier alpha value is -2.05. The molecule has 0 aliphatic carbocycles. The number of guanidine groups is 1. The highest BCUT2D eigenvalue weighted by Crippen LogP contribution is 2.22. The molecule has 0 fully saturated rings. The number of benzene rings is 1. The third kappa shape index (κ3) is 4.32. The fraction of sp³-hybridized carbons (Fsp3) is 0.333. The predicted octanol–water partition coefficient (Wildman–Crippen LogP) is 3.80. The second kappa shape index (κ2) is 7.89. The van der Waals surface area contributed by atoms with E-state index in [1.807, 2.05) is 31.3 Å². The predicted molar refractivity (Wildman–Crippen MR) is 107 cm³/mol. The van der Waals surface area contributed by atoms with E-state index in [0.717, 1.165) is 40.2 Å². The third-order valence-corrected chi connectivity index (χ3v) is 5.43. The van der Waals surface area contributed by atoms with Crippen molar-refractivity contribution in [2.75, 3.05) is 13.6 Å². The molecule has 0 unspecified atom stereocenters. The number of nitrogens with one attached hydrogen (secondary N) is 3. The van der Waals surface area contributed by atoms with Crippen molar-refractivity contribution < 1.29 is 0 Å². The standard InChI is InChI=1S/C18H22ClN5S/c1-11-12(2)25-17(24-11)10-23-18(20-3)21-7-6-13-9-22-16-5-4-14(19)8-15(13)16/h4-5,8-9,22H,6-7,10H2,1-3H3,(H2,20,21,23). The second-order valence-electron chi connectivity index (χ2n) is 5.86. The molecule has 0 saturated heterocycles. The highest BCUT2D eigenvalue weighted by molar-refractivity contribution is 7.11. The zero-order valence-electron chi connectivity index (χ0n) is 14.6. The van der Waals surface area contributed by atoms with Gasteiger partial charge in [-0.2, -0.15) is 0 Å². The Kier molecular flexibility index (Phi) is 5.60. The molecule has 1 aromatic carbocycles. The van der Waals surface area contributed by atoms with E-state index in [1.54, 1.807) is 18.4 Å². The van der Waals surface area contributed by atoms with E-state index in [0.29, 0.717) is 6.54 Å². The van der Waals surface area contributed by atoms with Crippen molar-refractivity contribution in [3.05, 3.63) is 50.6 Å². The fourth-order valence-electron chi connectivity index (χ4n) is 2.67. The number of aryl methyl sites for hydroxylation is 2. The molecular formula is C18H22ClN5S. The maximum absolute atomic E-state index is 6.10. The quantitative estimate of drug-likeness (QED) is 0.469. The highest BCUT2D eigenvalue weighted by Gasteiger charge is 2.06. The van der Waals surface area contributed by atoms with Crippen molar-refractivity contribution in [2.45, 2.75) is 26.8 Å². The topological polar surface area (TPSA) is 65.1 Å². The smallest absolute Gasteiger partial charge is 0.191 e. The van der Waals surface area contributed by atoms with Gasteiger partial charge in [0.25, 0.3) is 0 Å². The van der Waals surface area contributed by atoms with Crippen molar-refractivity contribution in [3.63, 3.8) is 0 Å². The third-order valence-electron chi connectivity index (χ3n) is 4.12. The number of aliphatic imine (C=N–C) groups is 1. The molecule has 3 N–H and O–H groups in total. The molecule has 0 aliphatic heterocycles. The zero-order chi connectivity index (χ0) is 17.8. The molecule has 0 aliphatic rings. The maximum Gasteiger partial charge on any atom is 0.191 e. The van der Waals surface area contributed by atoms with Crippen LogP contribution in [0.25, 0.3) is 10.9 Å². The molecule has 0 spiro atoms. The van der Waals surface area contributed by atoms with Crippen molar-refractivity contribution in [2.24, 2.45) is 4.99 Å². The first-order chi connectivity index (χ1) is 12.1. The first kappa shape index (κ1) is 17.8. The summed E-state index contributed by atoms with van der Waals surface area (Å²) in [5.74, 6) is 0.781. The molecule has 0 radical (unpaired) electrons. The Balaban J connectivity index is 1.53. The van der Waals surface area contributed by atoms with Crippen LogP contribution in [0.5, 0.6) is 0 Å². The summed E-state index contributed by atoms with van der Waals surface area (Å²) in [6, 6.07) is 5.91. The molecule has 3 rings (SSSR count). The minimum atomic E-state index is 0.682. The number of hydrogen-bond acceptors (Lipinski definition) is 3. The lowest BCUT2D eigenvalue weighted by molar-refractivity contribution is 0.792. The van der Waals surface area contributed by atoms with Gasteiger partial charge in [-0.15, -0.1) is 11.3 Å². The Morgan fingerprint density at radius 3 is 2.88 bits per heavy atom. The van der Waals surface area contributed by atoms with Gasteiger partial charge in [0, 0.05) is 40.6 Å². The summed E-state index contributed by atoms with van der Waals surface area (Å²) < 4.78 is 0. The molecule has 5 nitrogen and oxygen atoms in total. The van der Waals surface area contributed by atoms with E-state index < -0.39 is 0 Å². The van der Waals surface area contributed by atoms with Gasteiger partial charge in [-0.25, -0.2) is 4.98 Å². The van der Waals surface area contributed by atoms with Gasteiger partial charge in [-0.05, 0) is 44.0 Å². The lowest BCUT2D eigenvalue weighted by Gasteiger charge is -2.10. The molecule has 132 valence electrons. The lowest BCUT2D eigenvalue weighted by atomic mass is 10.1. The van der Waals surface area contributed by atoms with Crippen molar-refractivity contribution in [1.29, 1.82) is 0 Å². The molecule has 3 aromatic rings. The van der Waals surface area contributed by atoms with Gasteiger partial charge in [0.1, 0.15) is 5.01 Å². The SMILES string of the molecule is CN=C(NCCc1c[nH]c2ccc(Cl)cc12)NCc1nc(C)c(C)s1. The van der Waals surface area contributed by atoms with Crippen molar-refractivity contribution in [3.8, 4) is 0 Å². The number of aromatic amines is 1. The molecule has 2 aromatic heterocycles. The van der Waals surface area contributed by atoms with Crippen molar-refractivity contribution >= 4 is 39.8 Å². The van der Waals surface area contributed by atoms with Crippen LogP contribution in [0, 0.1) is 13.8 Å². The van der Waals surface area contributed by atoms with E-state index >= 15 is 0 Å². The number of thiazole rings is 1. The summed E-state index contributed by atoms with van der Waals surface area (Å²) >= 11 is 7.82. The van der Waals surface area contributed by atoms with Gasteiger partial charge in [0.15, 0.2) is 5.96 Å². The van der Waals surface area contributed by atoms with E-state index in [4.69, 9.17) is 11.6 Å². The number of hydrogen-bond donors (Lipinski definition) is 3. The summed E-state index contributed by atoms with van der Waals surface area (Å²) in [6.45, 7) is 5.60. The number of H-pyrrole nitrogens is 1. The van der Waals surface area contributed by atoms with Crippen LogP contribution in [0.15, 0.2) is 29.4 Å². The van der Waals surface area contributed by atoms with Crippen molar-refractivity contribution in [1.82, 2.24) is 20.6 Å². The number of halogens is 1. The number of fused-ring (bicyclic) bond motifs is 1. The van der Waals surface area contributed by atoms with E-state index in [9.17, 15) is 0 Å². The van der Waals surface area contributed by atoms with Crippen LogP contribution in [0.1, 0.15) is 21.1 Å². The zero-order valence-corrected chi connectivity index (χ0v) is 16.2. The van der Waals surface area contributed by atoms with Gasteiger partial charge in [-0.3, -0.25) is 4.99 Å². The maximum atomic E-state index is 6.10. The van der Waals surface area contributed by atoms with Crippen LogP contribution in [0.2, 0.25) is 5.02 Å². The molecule has 2 heterocycles. The van der Waals surface area contributed by atoms with Crippen LogP contribution in [-0.4, -0.2) is 29.5 Å². The van der Waals surface area contributed by atoms with Crippen LogP contribution in [0.4, 0.5) is 0 Å². The molecule has 0 saturated carbocycles. The number of aromatic nitrogens is 2. The van der Waals surface area contributed by atoms with Crippen LogP contribution < -0.4 is 10.6 Å². The normalized spacial score (nSPS) is 11.9. The molecule has 0 bridgehead atoms. The summed E-state index contributed by atoms with van der Waals surface area (Å²) in [7, 11) is 1.78. The molecule has 0 atom stereocenters. The van der Waals surface area contributed by atoms with E-state index in [2.05, 4.69) is 32.5 Å². The minimum absolute atomic E-state index is 0.682. The van der Waals surface area contributed by atoms with Gasteiger partial charge >= 0.3 is 0 Å². The Bertz CT molecular complexity index is 877. The summed E-state index contributed by atoms with van der Waals surface area (Å²) in [5, 5.41) is 9.66. The van der Waals surface area contributed by atoms with Crippen LogP contribution >= 0.6 is 22.9 Å². The average molecular weight is 376 g/mol. The first-order valence-electron chi connectivity index (χ1n) is 8.19. The monoisotopic (exact) mass is 375 g/mol. The molecule has 25 heavy (non-hydrogen) atoms. The number of rotatable bonds is 5.